The van der Waals surface area contributed by atoms with Crippen molar-refractivity contribution in [2.45, 2.75) is 44.2 Å². The number of hydrogen-bond acceptors (Lipinski definition) is 4. The lowest BCUT2D eigenvalue weighted by atomic mass is 9.79. The van der Waals surface area contributed by atoms with Gasteiger partial charge in [-0.1, -0.05) is 0 Å². The summed E-state index contributed by atoms with van der Waals surface area (Å²) in [5.41, 5.74) is -0.0667. The molecule has 0 aromatic carbocycles. The van der Waals surface area contributed by atoms with Crippen LogP contribution in [-0.2, 0) is 4.74 Å². The normalized spacial score (nSPS) is 29.8. The Morgan fingerprint density at radius 2 is 2.29 bits per heavy atom. The Morgan fingerprint density at radius 3 is 2.88 bits per heavy atom. The molecule has 4 heteroatoms. The van der Waals surface area contributed by atoms with Crippen molar-refractivity contribution in [1.82, 2.24) is 10.2 Å². The van der Waals surface area contributed by atoms with Crippen molar-refractivity contribution in [2.24, 2.45) is 0 Å². The Balaban J connectivity index is 2.42. The third-order valence-corrected chi connectivity index (χ3v) is 4.07. The second kappa shape index (κ2) is 7.31. The molecule has 2 atom stereocenters. The van der Waals surface area contributed by atoms with E-state index in [2.05, 4.69) is 17.3 Å². The summed E-state index contributed by atoms with van der Waals surface area (Å²) in [7, 11) is 4.12. The predicted molar refractivity (Wildman–Crippen MR) is 70.3 cm³/mol. The van der Waals surface area contributed by atoms with Crippen LogP contribution in [0.25, 0.3) is 0 Å². The number of nitrogens with zero attached hydrogens (tertiary/aromatic N) is 1. The van der Waals surface area contributed by atoms with Crippen LogP contribution in [0.3, 0.4) is 0 Å². The Kier molecular flexibility index (Phi) is 6.41. The van der Waals surface area contributed by atoms with Crippen LogP contribution in [0, 0.1) is 0 Å². The summed E-state index contributed by atoms with van der Waals surface area (Å²) in [5.74, 6) is 0. The van der Waals surface area contributed by atoms with Crippen LogP contribution in [0.5, 0.6) is 0 Å². The molecule has 4 nitrogen and oxygen atoms in total. The number of likely N-dealkylation sites (N-methyl/N-ethyl adjacent to an activating group) is 2. The minimum Gasteiger partial charge on any atom is -0.394 e. The zero-order chi connectivity index (χ0) is 12.7. The van der Waals surface area contributed by atoms with E-state index < -0.39 is 0 Å². The molecule has 0 aliphatic heterocycles. The number of aliphatic hydroxyl groups is 1. The van der Waals surface area contributed by atoms with Crippen LogP contribution in [0.1, 0.15) is 32.6 Å². The molecule has 0 aromatic rings. The molecule has 0 spiro atoms. The maximum Gasteiger partial charge on any atom is 0.0613 e. The third-order valence-electron chi connectivity index (χ3n) is 4.07. The standard InChI is InChI=1S/C13H28N2O2/c1-4-17-9-8-15(3)12-6-5-7-13(10-12,11-16)14-2/h12,14,16H,4-11H2,1-3H3. The topological polar surface area (TPSA) is 44.7 Å². The van der Waals surface area contributed by atoms with E-state index in [-0.39, 0.29) is 12.1 Å². The van der Waals surface area contributed by atoms with Crippen LogP contribution in [0.4, 0.5) is 0 Å². The summed E-state index contributed by atoms with van der Waals surface area (Å²) in [6, 6.07) is 0.559. The van der Waals surface area contributed by atoms with Crippen molar-refractivity contribution in [3.05, 3.63) is 0 Å². The Morgan fingerprint density at radius 1 is 1.53 bits per heavy atom. The summed E-state index contributed by atoms with van der Waals surface area (Å²) >= 11 is 0. The highest BCUT2D eigenvalue weighted by molar-refractivity contribution is 4.95. The van der Waals surface area contributed by atoms with Crippen LogP contribution in [-0.4, -0.2) is 62.0 Å². The smallest absolute Gasteiger partial charge is 0.0613 e. The predicted octanol–water partition coefficient (Wildman–Crippen LogP) is 0.848. The van der Waals surface area contributed by atoms with Crippen LogP contribution in [0.15, 0.2) is 0 Å². The third kappa shape index (κ3) is 4.21. The molecule has 0 amide bonds. The molecule has 2 N–H and O–H groups in total. The summed E-state index contributed by atoms with van der Waals surface area (Å²) in [6.07, 6.45) is 4.52. The van der Waals surface area contributed by atoms with Crippen LogP contribution >= 0.6 is 0 Å². The number of ether oxygens (including phenoxy) is 1. The van der Waals surface area contributed by atoms with E-state index in [0.717, 1.165) is 32.6 Å². The molecule has 2 unspecified atom stereocenters. The molecule has 17 heavy (non-hydrogen) atoms. The first-order chi connectivity index (χ1) is 8.17. The molecule has 0 heterocycles. The Hall–Kier alpha value is -0.160. The number of hydrogen-bond donors (Lipinski definition) is 2. The van der Waals surface area contributed by atoms with Gasteiger partial charge in [0.1, 0.15) is 0 Å². The average molecular weight is 244 g/mol. The van der Waals surface area contributed by atoms with Gasteiger partial charge in [0.25, 0.3) is 0 Å². The number of nitrogens with one attached hydrogen (secondary N) is 1. The molecule has 0 saturated heterocycles. The lowest BCUT2D eigenvalue weighted by Gasteiger charge is -2.42. The van der Waals surface area contributed by atoms with Gasteiger partial charge in [-0.15, -0.1) is 0 Å². The highest BCUT2D eigenvalue weighted by atomic mass is 16.5. The monoisotopic (exact) mass is 244 g/mol. The fourth-order valence-corrected chi connectivity index (χ4v) is 2.69. The van der Waals surface area contributed by atoms with Gasteiger partial charge in [-0.05, 0) is 46.7 Å². The van der Waals surface area contributed by atoms with Gasteiger partial charge in [0.15, 0.2) is 0 Å². The van der Waals surface area contributed by atoms with E-state index in [9.17, 15) is 5.11 Å². The van der Waals surface area contributed by atoms with E-state index in [1.165, 1.54) is 12.8 Å². The fourth-order valence-electron chi connectivity index (χ4n) is 2.69. The molecular weight excluding hydrogens is 216 g/mol. The van der Waals surface area contributed by atoms with Gasteiger partial charge in [0.2, 0.25) is 0 Å². The van der Waals surface area contributed by atoms with Crippen molar-refractivity contribution in [2.75, 3.05) is 40.5 Å². The highest BCUT2D eigenvalue weighted by Crippen LogP contribution is 2.30. The minimum absolute atomic E-state index is 0.0667. The van der Waals surface area contributed by atoms with Crippen molar-refractivity contribution >= 4 is 0 Å². The first-order valence-electron chi connectivity index (χ1n) is 6.75. The van der Waals surface area contributed by atoms with Gasteiger partial charge >= 0.3 is 0 Å². The lowest BCUT2D eigenvalue weighted by molar-refractivity contribution is 0.0555. The van der Waals surface area contributed by atoms with E-state index >= 15 is 0 Å². The average Bonchev–Trinajstić information content (AvgIpc) is 2.39. The van der Waals surface area contributed by atoms with Gasteiger partial charge in [-0.3, -0.25) is 0 Å². The molecule has 0 bridgehead atoms. The number of rotatable bonds is 7. The minimum atomic E-state index is -0.0667. The van der Waals surface area contributed by atoms with Crippen molar-refractivity contribution < 1.29 is 9.84 Å². The van der Waals surface area contributed by atoms with E-state index in [4.69, 9.17) is 4.74 Å². The fraction of sp³-hybridized carbons (Fsp3) is 1.00. The van der Waals surface area contributed by atoms with Gasteiger partial charge in [0, 0.05) is 24.7 Å². The van der Waals surface area contributed by atoms with Crippen molar-refractivity contribution in [3.63, 3.8) is 0 Å². The van der Waals surface area contributed by atoms with Gasteiger partial charge in [0.05, 0.1) is 13.2 Å². The summed E-state index contributed by atoms with van der Waals surface area (Å²) < 4.78 is 5.39. The number of aliphatic hydroxyl groups excluding tert-OH is 1. The molecule has 1 rings (SSSR count). The highest BCUT2D eigenvalue weighted by Gasteiger charge is 2.35. The molecule has 1 aliphatic carbocycles. The van der Waals surface area contributed by atoms with E-state index in [1.54, 1.807) is 0 Å². The van der Waals surface area contributed by atoms with Crippen LogP contribution < -0.4 is 5.32 Å². The van der Waals surface area contributed by atoms with Crippen molar-refractivity contribution in [1.29, 1.82) is 0 Å². The molecular formula is C13H28N2O2. The zero-order valence-electron chi connectivity index (χ0n) is 11.5. The van der Waals surface area contributed by atoms with Gasteiger partial charge in [-0.2, -0.15) is 0 Å². The largest absolute Gasteiger partial charge is 0.394 e. The molecule has 102 valence electrons. The quantitative estimate of drug-likeness (QED) is 0.652. The molecule has 1 aliphatic rings. The Bertz CT molecular complexity index is 208. The zero-order valence-corrected chi connectivity index (χ0v) is 11.5. The molecule has 0 radical (unpaired) electrons. The second-order valence-electron chi connectivity index (χ2n) is 5.12. The maximum atomic E-state index is 9.55. The van der Waals surface area contributed by atoms with Gasteiger partial charge < -0.3 is 20.1 Å². The van der Waals surface area contributed by atoms with E-state index in [0.29, 0.717) is 6.04 Å². The first-order valence-corrected chi connectivity index (χ1v) is 6.75. The lowest BCUT2D eigenvalue weighted by Crippen LogP contribution is -2.54. The maximum absolute atomic E-state index is 9.55. The summed E-state index contributed by atoms with van der Waals surface area (Å²) in [6.45, 7) is 4.83. The van der Waals surface area contributed by atoms with Crippen molar-refractivity contribution in [3.8, 4) is 0 Å². The second-order valence-corrected chi connectivity index (χ2v) is 5.12. The van der Waals surface area contributed by atoms with Gasteiger partial charge in [-0.25, -0.2) is 0 Å². The molecule has 0 aromatic heterocycles. The van der Waals surface area contributed by atoms with Crippen LogP contribution in [0.2, 0.25) is 0 Å². The summed E-state index contributed by atoms with van der Waals surface area (Å²) in [5, 5.41) is 12.9. The Labute approximate surface area is 105 Å². The van der Waals surface area contributed by atoms with E-state index in [1.807, 2.05) is 14.0 Å². The molecule has 1 saturated carbocycles. The summed E-state index contributed by atoms with van der Waals surface area (Å²) in [4.78, 5) is 2.37. The molecule has 1 fully saturated rings. The SMILES string of the molecule is CCOCCN(C)C1CCCC(CO)(NC)C1. The first kappa shape index (κ1) is 14.9.